The lowest BCUT2D eigenvalue weighted by molar-refractivity contribution is 0.101. The van der Waals surface area contributed by atoms with Crippen molar-refractivity contribution in [2.24, 2.45) is 0 Å². The van der Waals surface area contributed by atoms with Gasteiger partial charge in [-0.3, -0.25) is 9.59 Å². The highest BCUT2D eigenvalue weighted by molar-refractivity contribution is 7.99. The number of nitrogens with zero attached hydrogens (tertiary/aromatic N) is 2. The Morgan fingerprint density at radius 1 is 1.42 bits per heavy atom. The van der Waals surface area contributed by atoms with Crippen molar-refractivity contribution in [2.75, 3.05) is 0 Å². The maximum absolute atomic E-state index is 11.5. The zero-order chi connectivity index (χ0) is 13.8. The topological polar surface area (TPSA) is 86.6 Å². The number of aromatic nitrogens is 2. The summed E-state index contributed by atoms with van der Waals surface area (Å²) < 4.78 is 0. The van der Waals surface area contributed by atoms with Gasteiger partial charge in [-0.15, -0.1) is 0 Å². The molecule has 0 fully saturated rings. The number of carbonyl (C=O) groups excluding carboxylic acids is 1. The minimum absolute atomic E-state index is 0.106. The number of hydrogen-bond acceptors (Lipinski definition) is 5. The first-order valence-electron chi connectivity index (χ1n) is 5.38. The molecule has 0 bridgehead atoms. The summed E-state index contributed by atoms with van der Waals surface area (Å²) in [4.78, 5) is 29.9. The second-order valence-electron chi connectivity index (χ2n) is 3.72. The van der Waals surface area contributed by atoms with E-state index in [4.69, 9.17) is 5.26 Å². The average molecular weight is 271 g/mol. The lowest BCUT2D eigenvalue weighted by Crippen LogP contribution is -2.05. The van der Waals surface area contributed by atoms with E-state index >= 15 is 0 Å². The maximum Gasteiger partial charge on any atom is 0.251 e. The Balaban J connectivity index is 2.46. The van der Waals surface area contributed by atoms with E-state index in [0.717, 1.165) is 11.8 Å². The third-order valence-corrected chi connectivity index (χ3v) is 3.30. The number of hydrogen-bond donors (Lipinski definition) is 1. The fraction of sp³-hybridized carbons (Fsp3) is 0.0769. The molecule has 0 aliphatic rings. The van der Waals surface area contributed by atoms with Gasteiger partial charge >= 0.3 is 0 Å². The van der Waals surface area contributed by atoms with Crippen molar-refractivity contribution in [1.82, 2.24) is 9.97 Å². The molecule has 0 aliphatic carbocycles. The normalized spacial score (nSPS) is 9.89. The molecule has 94 valence electrons. The molecule has 5 nitrogen and oxygen atoms in total. The van der Waals surface area contributed by atoms with Gasteiger partial charge in [-0.25, -0.2) is 4.98 Å². The molecule has 19 heavy (non-hydrogen) atoms. The Labute approximate surface area is 113 Å². The monoisotopic (exact) mass is 271 g/mol. The van der Waals surface area contributed by atoms with Crippen molar-refractivity contribution in [3.63, 3.8) is 0 Å². The van der Waals surface area contributed by atoms with Crippen LogP contribution in [-0.4, -0.2) is 15.8 Å². The molecular weight excluding hydrogens is 262 g/mol. The van der Waals surface area contributed by atoms with Gasteiger partial charge in [0.2, 0.25) is 0 Å². The first-order valence-corrected chi connectivity index (χ1v) is 6.20. The zero-order valence-corrected chi connectivity index (χ0v) is 10.8. The molecule has 6 heteroatoms. The van der Waals surface area contributed by atoms with Crippen LogP contribution in [0.4, 0.5) is 0 Å². The van der Waals surface area contributed by atoms with Crippen molar-refractivity contribution < 1.29 is 4.79 Å². The van der Waals surface area contributed by atoms with Gasteiger partial charge in [0.05, 0.1) is 11.6 Å². The van der Waals surface area contributed by atoms with Crippen LogP contribution in [0.1, 0.15) is 22.8 Å². The molecule has 2 aromatic rings. The lowest BCUT2D eigenvalue weighted by Gasteiger charge is -2.06. The highest BCUT2D eigenvalue weighted by Crippen LogP contribution is 2.28. The summed E-state index contributed by atoms with van der Waals surface area (Å²) in [6.45, 7) is 1.45. The van der Waals surface area contributed by atoms with Crippen molar-refractivity contribution in [3.05, 3.63) is 51.9 Å². The Morgan fingerprint density at radius 2 is 2.21 bits per heavy atom. The van der Waals surface area contributed by atoms with E-state index in [1.807, 2.05) is 6.07 Å². The molecule has 1 N–H and O–H groups in total. The number of rotatable bonds is 3. The minimum Gasteiger partial charge on any atom is -0.301 e. The van der Waals surface area contributed by atoms with E-state index in [1.54, 1.807) is 18.2 Å². The Bertz CT molecular complexity index is 731. The third kappa shape index (κ3) is 3.09. The van der Waals surface area contributed by atoms with E-state index in [2.05, 4.69) is 9.97 Å². The summed E-state index contributed by atoms with van der Waals surface area (Å²) >= 11 is 1.15. The first kappa shape index (κ1) is 13.1. The molecule has 0 saturated heterocycles. The zero-order valence-electron chi connectivity index (χ0n) is 10.0. The van der Waals surface area contributed by atoms with Crippen molar-refractivity contribution in [3.8, 4) is 6.07 Å². The second kappa shape index (κ2) is 5.50. The largest absolute Gasteiger partial charge is 0.301 e. The van der Waals surface area contributed by atoms with Gasteiger partial charge in [-0.05, 0) is 25.1 Å². The predicted octanol–water partition coefficient (Wildman–Crippen LogP) is 2.00. The van der Waals surface area contributed by atoms with Crippen LogP contribution in [0.3, 0.4) is 0 Å². The number of nitrogens with one attached hydrogen (secondary N) is 1. The highest BCUT2D eigenvalue weighted by atomic mass is 32.2. The molecule has 0 unspecified atom stereocenters. The van der Waals surface area contributed by atoms with E-state index in [-0.39, 0.29) is 11.3 Å². The van der Waals surface area contributed by atoms with Gasteiger partial charge in [0, 0.05) is 22.7 Å². The van der Waals surface area contributed by atoms with Crippen LogP contribution in [0.15, 0.2) is 45.3 Å². The third-order valence-electron chi connectivity index (χ3n) is 2.34. The van der Waals surface area contributed by atoms with Crippen LogP contribution in [0, 0.1) is 11.3 Å². The molecule has 0 saturated carbocycles. The number of H-pyrrole nitrogens is 1. The van der Waals surface area contributed by atoms with Crippen LogP contribution < -0.4 is 5.56 Å². The SMILES string of the molecule is CC(=O)c1ccc(C#N)cc1Sc1nccc(=O)[nH]1. The van der Waals surface area contributed by atoms with Crippen molar-refractivity contribution in [1.29, 1.82) is 5.26 Å². The summed E-state index contributed by atoms with van der Waals surface area (Å²) in [5.41, 5.74) is 0.680. The van der Waals surface area contributed by atoms with E-state index in [1.165, 1.54) is 19.2 Å². The predicted molar refractivity (Wildman–Crippen MR) is 70.1 cm³/mol. The first-order chi connectivity index (χ1) is 9.10. The number of Topliss-reactive ketones (excluding diaryl/α,β-unsaturated/α-hetero) is 1. The van der Waals surface area contributed by atoms with E-state index in [0.29, 0.717) is 21.2 Å². The molecule has 0 radical (unpaired) electrons. The molecule has 0 spiro atoms. The second-order valence-corrected chi connectivity index (χ2v) is 4.75. The molecule has 2 rings (SSSR count). The lowest BCUT2D eigenvalue weighted by atomic mass is 10.1. The average Bonchev–Trinajstić information content (AvgIpc) is 2.38. The summed E-state index contributed by atoms with van der Waals surface area (Å²) in [6.07, 6.45) is 1.39. The van der Waals surface area contributed by atoms with Crippen LogP contribution in [0.5, 0.6) is 0 Å². The van der Waals surface area contributed by atoms with Gasteiger partial charge in [0.1, 0.15) is 0 Å². The van der Waals surface area contributed by atoms with Gasteiger partial charge < -0.3 is 4.98 Å². The summed E-state index contributed by atoms with van der Waals surface area (Å²) in [5, 5.41) is 9.26. The Kier molecular flexibility index (Phi) is 3.78. The summed E-state index contributed by atoms with van der Waals surface area (Å²) in [5.74, 6) is -0.106. The molecule has 1 heterocycles. The van der Waals surface area contributed by atoms with Gasteiger partial charge in [0.15, 0.2) is 10.9 Å². The fourth-order valence-corrected chi connectivity index (χ4v) is 2.46. The van der Waals surface area contributed by atoms with Gasteiger partial charge in [-0.2, -0.15) is 5.26 Å². The molecule has 1 aromatic carbocycles. The quantitative estimate of drug-likeness (QED) is 0.681. The van der Waals surface area contributed by atoms with Crippen molar-refractivity contribution in [2.45, 2.75) is 17.0 Å². The molecule has 0 aliphatic heterocycles. The Morgan fingerprint density at radius 3 is 2.84 bits per heavy atom. The molecular formula is C13H9N3O2S. The van der Waals surface area contributed by atoms with Crippen LogP contribution >= 0.6 is 11.8 Å². The van der Waals surface area contributed by atoms with Crippen LogP contribution in [-0.2, 0) is 0 Å². The van der Waals surface area contributed by atoms with E-state index in [9.17, 15) is 9.59 Å². The number of benzene rings is 1. The molecule has 0 amide bonds. The number of aromatic amines is 1. The number of carbonyl (C=O) groups is 1. The molecule has 1 aromatic heterocycles. The summed E-state index contributed by atoms with van der Waals surface area (Å²) in [7, 11) is 0. The van der Waals surface area contributed by atoms with Crippen LogP contribution in [0.2, 0.25) is 0 Å². The van der Waals surface area contributed by atoms with Gasteiger partial charge in [-0.1, -0.05) is 11.8 Å². The minimum atomic E-state index is -0.265. The van der Waals surface area contributed by atoms with E-state index < -0.39 is 0 Å². The van der Waals surface area contributed by atoms with Gasteiger partial charge in [0.25, 0.3) is 5.56 Å². The Hall–Kier alpha value is -2.39. The smallest absolute Gasteiger partial charge is 0.251 e. The molecule has 0 atom stereocenters. The maximum atomic E-state index is 11.5. The van der Waals surface area contributed by atoms with Crippen molar-refractivity contribution >= 4 is 17.5 Å². The summed E-state index contributed by atoms with van der Waals surface area (Å²) in [6, 6.07) is 8.11. The highest BCUT2D eigenvalue weighted by Gasteiger charge is 2.11. The number of nitriles is 1. The van der Waals surface area contributed by atoms with Crippen LogP contribution in [0.25, 0.3) is 0 Å². The standard InChI is InChI=1S/C13H9N3O2S/c1-8(17)10-3-2-9(7-14)6-11(10)19-13-15-5-4-12(18)16-13/h2-6H,1H3,(H,15,16,18). The number of ketones is 1. The fourth-order valence-electron chi connectivity index (χ4n) is 1.48.